The summed E-state index contributed by atoms with van der Waals surface area (Å²) in [5, 5.41) is 9.02. The molecule has 3 aromatic carbocycles. The van der Waals surface area contributed by atoms with E-state index in [1.807, 2.05) is 0 Å². The van der Waals surface area contributed by atoms with Gasteiger partial charge < -0.3 is 28.8 Å². The molecule has 0 amide bonds. The molecule has 3 rings (SSSR count). The number of aromatic carboxylic acids is 1. The molecule has 12 nitrogen and oxygen atoms in total. The predicted octanol–water partition coefficient (Wildman–Crippen LogP) is 9.15. The molecule has 0 bridgehead atoms. The lowest BCUT2D eigenvalue weighted by Crippen LogP contribution is -2.14. The molecular weight excluding hydrogens is 708 g/mol. The summed E-state index contributed by atoms with van der Waals surface area (Å²) in [4.78, 5) is 69.1. The van der Waals surface area contributed by atoms with Crippen LogP contribution in [0.5, 0.6) is 0 Å². The maximum atomic E-state index is 12.0. The van der Waals surface area contributed by atoms with Gasteiger partial charge in [-0.1, -0.05) is 108 Å². The molecule has 0 saturated carbocycles. The highest BCUT2D eigenvalue weighted by Crippen LogP contribution is 2.14. The van der Waals surface area contributed by atoms with Crippen molar-refractivity contribution in [3.05, 3.63) is 106 Å². The minimum absolute atomic E-state index is 0.0120. The van der Waals surface area contributed by atoms with Gasteiger partial charge in [0.05, 0.1) is 67.4 Å². The van der Waals surface area contributed by atoms with E-state index in [0.717, 1.165) is 44.9 Å². The molecule has 0 spiro atoms. The van der Waals surface area contributed by atoms with Gasteiger partial charge in [-0.15, -0.1) is 0 Å². The number of carbonyl (C=O) groups excluding carboxylic acids is 5. The average molecular weight is 765 g/mol. The lowest BCUT2D eigenvalue weighted by molar-refractivity contribution is 0.0462. The molecule has 0 unspecified atom stereocenters. The van der Waals surface area contributed by atoms with E-state index < -0.39 is 35.8 Å². The van der Waals surface area contributed by atoms with Crippen LogP contribution in [0.1, 0.15) is 154 Å². The van der Waals surface area contributed by atoms with E-state index in [-0.39, 0.29) is 40.0 Å². The highest BCUT2D eigenvalue weighted by molar-refractivity contribution is 6.04. The Kier molecular flexibility index (Phi) is 25.0. The molecule has 3 aromatic rings. The standard InChI is InChI=1S/C17H24O4.C16H22O4.C10H10O4/c1-2-3-4-5-6-7-10-13-21-17(20)15-12-9-8-11-14(15)16(18)19;1-3-5-6-9-12-20-16(18)14-11-8-7-10-13(14)15(17)19-4-2;1-13-9(11)7-5-3-4-6-8(7)10(12)14-2/h8-9,11-12H,2-7,10,13H2,1H3,(H,18,19);7-8,10-11H,3-6,9,12H2,1-2H3;3-6H,1-2H3. The molecule has 0 radical (unpaired) electrons. The monoisotopic (exact) mass is 764 g/mol. The normalized spacial score (nSPS) is 9.98. The molecule has 55 heavy (non-hydrogen) atoms. The van der Waals surface area contributed by atoms with Crippen LogP contribution in [0.25, 0.3) is 0 Å². The molecule has 300 valence electrons. The Bertz CT molecular complexity index is 1600. The molecule has 12 heteroatoms. The van der Waals surface area contributed by atoms with Crippen LogP contribution in [-0.4, -0.2) is 75.0 Å². The number of unbranched alkanes of at least 4 members (excludes halogenated alkanes) is 9. The number of methoxy groups -OCH3 is 2. The number of esters is 5. The molecule has 0 fully saturated rings. The van der Waals surface area contributed by atoms with Crippen LogP contribution in [0, 0.1) is 0 Å². The smallest absolute Gasteiger partial charge is 0.339 e. The third-order valence-corrected chi connectivity index (χ3v) is 7.97. The summed E-state index contributed by atoms with van der Waals surface area (Å²) < 4.78 is 24.3. The molecule has 0 aliphatic rings. The molecule has 0 heterocycles. The summed E-state index contributed by atoms with van der Waals surface area (Å²) >= 11 is 0. The number of benzene rings is 3. The fraction of sp³-hybridized carbons (Fsp3) is 0.442. The first-order valence-electron chi connectivity index (χ1n) is 18.8. The van der Waals surface area contributed by atoms with Gasteiger partial charge in [-0.3, -0.25) is 0 Å². The van der Waals surface area contributed by atoms with Gasteiger partial charge in [-0.05, 0) is 56.2 Å². The summed E-state index contributed by atoms with van der Waals surface area (Å²) in [5.74, 6) is -3.73. The Morgan fingerprint density at radius 3 is 1.05 bits per heavy atom. The first-order chi connectivity index (χ1) is 26.6. The van der Waals surface area contributed by atoms with Gasteiger partial charge in [0.2, 0.25) is 0 Å². The van der Waals surface area contributed by atoms with Crippen molar-refractivity contribution in [1.29, 1.82) is 0 Å². The van der Waals surface area contributed by atoms with E-state index in [4.69, 9.17) is 19.3 Å². The second kappa shape index (κ2) is 28.9. The van der Waals surface area contributed by atoms with E-state index in [9.17, 15) is 28.8 Å². The second-order valence-electron chi connectivity index (χ2n) is 12.1. The minimum Gasteiger partial charge on any atom is -0.478 e. The van der Waals surface area contributed by atoms with E-state index in [1.54, 1.807) is 55.5 Å². The highest BCUT2D eigenvalue weighted by atomic mass is 16.5. The summed E-state index contributed by atoms with van der Waals surface area (Å²) in [6.45, 7) is 7.05. The van der Waals surface area contributed by atoms with Crippen molar-refractivity contribution in [3.8, 4) is 0 Å². The lowest BCUT2D eigenvalue weighted by Gasteiger charge is -2.08. The van der Waals surface area contributed by atoms with Crippen molar-refractivity contribution in [3.63, 3.8) is 0 Å². The van der Waals surface area contributed by atoms with Gasteiger partial charge in [0.15, 0.2) is 0 Å². The Labute approximate surface area is 324 Å². The molecule has 0 saturated heterocycles. The fourth-order valence-corrected chi connectivity index (χ4v) is 5.03. The zero-order valence-corrected chi connectivity index (χ0v) is 32.8. The molecule has 0 aliphatic carbocycles. The zero-order valence-electron chi connectivity index (χ0n) is 32.8. The van der Waals surface area contributed by atoms with Crippen LogP contribution in [0.15, 0.2) is 72.8 Å². The number of rotatable bonds is 20. The van der Waals surface area contributed by atoms with E-state index in [1.165, 1.54) is 64.2 Å². The molecular formula is C43H56O12. The van der Waals surface area contributed by atoms with Crippen molar-refractivity contribution < 1.29 is 57.6 Å². The molecule has 0 aliphatic heterocycles. The van der Waals surface area contributed by atoms with Crippen molar-refractivity contribution in [2.24, 2.45) is 0 Å². The van der Waals surface area contributed by atoms with E-state index in [2.05, 4.69) is 23.3 Å². The van der Waals surface area contributed by atoms with Gasteiger partial charge in [0, 0.05) is 0 Å². The average Bonchev–Trinajstić information content (AvgIpc) is 3.21. The van der Waals surface area contributed by atoms with Crippen LogP contribution in [0.2, 0.25) is 0 Å². The van der Waals surface area contributed by atoms with Gasteiger partial charge in [0.1, 0.15) is 0 Å². The maximum Gasteiger partial charge on any atom is 0.339 e. The lowest BCUT2D eigenvalue weighted by atomic mass is 10.1. The Balaban J connectivity index is 0.000000421. The van der Waals surface area contributed by atoms with Crippen molar-refractivity contribution >= 4 is 35.8 Å². The second-order valence-corrected chi connectivity index (χ2v) is 12.1. The summed E-state index contributed by atoms with van der Waals surface area (Å²) in [5.41, 5.74) is 1.05. The van der Waals surface area contributed by atoms with Crippen LogP contribution in [0.3, 0.4) is 0 Å². The highest BCUT2D eigenvalue weighted by Gasteiger charge is 2.19. The van der Waals surface area contributed by atoms with Gasteiger partial charge in [-0.25, -0.2) is 28.8 Å². The first kappa shape index (κ1) is 47.5. The van der Waals surface area contributed by atoms with Gasteiger partial charge >= 0.3 is 35.8 Å². The quantitative estimate of drug-likeness (QED) is 0.0659. The Hall–Kier alpha value is -5.52. The predicted molar refractivity (Wildman–Crippen MR) is 208 cm³/mol. The SMILES string of the molecule is CCCCCCCCCOC(=O)c1ccccc1C(=O)O.CCCCCCOC(=O)c1ccccc1C(=O)OCC.COC(=O)c1ccccc1C(=O)OC. The Morgan fingerprint density at radius 2 is 0.709 bits per heavy atom. The van der Waals surface area contributed by atoms with Gasteiger partial charge in [-0.2, -0.15) is 0 Å². The maximum absolute atomic E-state index is 12.0. The van der Waals surface area contributed by atoms with Crippen molar-refractivity contribution in [2.75, 3.05) is 34.0 Å². The molecule has 0 aromatic heterocycles. The summed E-state index contributed by atoms with van der Waals surface area (Å²) in [6.07, 6.45) is 12.2. The van der Waals surface area contributed by atoms with E-state index >= 15 is 0 Å². The molecule has 1 N–H and O–H groups in total. The topological polar surface area (TPSA) is 169 Å². The first-order valence-corrected chi connectivity index (χ1v) is 18.8. The third-order valence-electron chi connectivity index (χ3n) is 7.97. The van der Waals surface area contributed by atoms with Crippen molar-refractivity contribution in [2.45, 2.75) is 91.4 Å². The number of hydrogen-bond acceptors (Lipinski definition) is 11. The van der Waals surface area contributed by atoms with Crippen molar-refractivity contribution in [1.82, 2.24) is 0 Å². The van der Waals surface area contributed by atoms with Crippen LogP contribution >= 0.6 is 0 Å². The largest absolute Gasteiger partial charge is 0.478 e. The van der Waals surface area contributed by atoms with Gasteiger partial charge in [0.25, 0.3) is 0 Å². The number of carboxylic acids is 1. The van der Waals surface area contributed by atoms with E-state index in [0.29, 0.717) is 13.2 Å². The molecule has 0 atom stereocenters. The number of ether oxygens (including phenoxy) is 5. The number of hydrogen-bond donors (Lipinski definition) is 1. The summed E-state index contributed by atoms with van der Waals surface area (Å²) in [7, 11) is 2.52. The van der Waals surface area contributed by atoms with Crippen LogP contribution < -0.4 is 0 Å². The number of carboxylic acid groups (broad SMARTS) is 1. The minimum atomic E-state index is -1.11. The Morgan fingerprint density at radius 1 is 0.418 bits per heavy atom. The number of carbonyl (C=O) groups is 6. The zero-order chi connectivity index (χ0) is 40.8. The fourth-order valence-electron chi connectivity index (χ4n) is 5.03. The third kappa shape index (κ3) is 18.4. The van der Waals surface area contributed by atoms with Crippen LogP contribution in [-0.2, 0) is 23.7 Å². The summed E-state index contributed by atoms with van der Waals surface area (Å²) in [6, 6.07) is 19.0. The van der Waals surface area contributed by atoms with Crippen LogP contribution in [0.4, 0.5) is 0 Å².